The highest BCUT2D eigenvalue weighted by molar-refractivity contribution is 6.04. The highest BCUT2D eigenvalue weighted by Gasteiger charge is 2.16. The molecule has 0 aliphatic heterocycles. The summed E-state index contributed by atoms with van der Waals surface area (Å²) in [5.74, 6) is 1.09. The average molecular weight is 284 g/mol. The Labute approximate surface area is 125 Å². The molecule has 5 nitrogen and oxygen atoms in total. The Morgan fingerprint density at radius 3 is 2.48 bits per heavy atom. The Hall–Kier alpha value is -2.43. The fourth-order valence-electron chi connectivity index (χ4n) is 1.99. The van der Waals surface area contributed by atoms with Crippen molar-refractivity contribution >= 4 is 17.4 Å². The molecule has 5 heteroatoms. The van der Waals surface area contributed by atoms with Crippen LogP contribution in [0.1, 0.15) is 30.2 Å². The number of hydrogen-bond donors (Lipinski definition) is 1. The summed E-state index contributed by atoms with van der Waals surface area (Å²) < 4.78 is 0. The Bertz CT molecular complexity index is 625. The van der Waals surface area contributed by atoms with Gasteiger partial charge in [-0.25, -0.2) is 9.97 Å². The zero-order valence-corrected chi connectivity index (χ0v) is 12.8. The summed E-state index contributed by atoms with van der Waals surface area (Å²) in [7, 11) is 1.74. The maximum atomic E-state index is 12.5. The summed E-state index contributed by atoms with van der Waals surface area (Å²) in [5.41, 5.74) is 1.22. The van der Waals surface area contributed by atoms with E-state index in [1.54, 1.807) is 24.9 Å². The second kappa shape index (κ2) is 6.35. The lowest BCUT2D eigenvalue weighted by molar-refractivity contribution is 0.0988. The molecule has 0 unspecified atom stereocenters. The number of nitrogens with zero attached hydrogens (tertiary/aromatic N) is 3. The van der Waals surface area contributed by atoms with Gasteiger partial charge in [-0.2, -0.15) is 0 Å². The lowest BCUT2D eigenvalue weighted by atomic mass is 10.2. The highest BCUT2D eigenvalue weighted by atomic mass is 16.2. The molecular formula is C16H20N4O. The Balaban J connectivity index is 2.28. The van der Waals surface area contributed by atoms with Crippen molar-refractivity contribution in [1.82, 2.24) is 9.97 Å². The minimum atomic E-state index is -0.154. The van der Waals surface area contributed by atoms with Crippen LogP contribution in [0, 0.1) is 6.92 Å². The molecule has 0 fully saturated rings. The average Bonchev–Trinajstić information content (AvgIpc) is 2.45. The topological polar surface area (TPSA) is 58.1 Å². The summed E-state index contributed by atoms with van der Waals surface area (Å²) in [6.07, 6.45) is 0. The van der Waals surface area contributed by atoms with Gasteiger partial charge < -0.3 is 10.2 Å². The Morgan fingerprint density at radius 1 is 1.19 bits per heavy atom. The molecule has 1 aromatic heterocycles. The minimum absolute atomic E-state index is 0.154. The van der Waals surface area contributed by atoms with Crippen LogP contribution in [0.25, 0.3) is 0 Å². The highest BCUT2D eigenvalue weighted by Crippen LogP contribution is 2.16. The number of benzene rings is 1. The van der Waals surface area contributed by atoms with Crippen molar-refractivity contribution in [3.63, 3.8) is 0 Å². The van der Waals surface area contributed by atoms with Gasteiger partial charge in [-0.3, -0.25) is 4.79 Å². The molecular weight excluding hydrogens is 264 g/mol. The largest absolute Gasteiger partial charge is 0.368 e. The predicted molar refractivity (Wildman–Crippen MR) is 84.7 cm³/mol. The van der Waals surface area contributed by atoms with Gasteiger partial charge in [0.25, 0.3) is 5.91 Å². The van der Waals surface area contributed by atoms with Crippen LogP contribution in [0.5, 0.6) is 0 Å². The van der Waals surface area contributed by atoms with Gasteiger partial charge in [-0.1, -0.05) is 18.2 Å². The molecule has 1 N–H and O–H groups in total. The van der Waals surface area contributed by atoms with Crippen LogP contribution in [-0.4, -0.2) is 29.0 Å². The third-order valence-electron chi connectivity index (χ3n) is 2.94. The molecule has 0 saturated carbocycles. The van der Waals surface area contributed by atoms with E-state index in [-0.39, 0.29) is 11.9 Å². The van der Waals surface area contributed by atoms with Crippen molar-refractivity contribution in [1.29, 1.82) is 0 Å². The van der Waals surface area contributed by atoms with Gasteiger partial charge in [-0.05, 0) is 32.9 Å². The Morgan fingerprint density at radius 2 is 1.86 bits per heavy atom. The number of carbonyl (C=O) groups excluding carboxylic acids is 1. The summed E-state index contributed by atoms with van der Waals surface area (Å²) in [6.45, 7) is 5.83. The second-order valence-electron chi connectivity index (χ2n) is 5.18. The summed E-state index contributed by atoms with van der Waals surface area (Å²) in [4.78, 5) is 22.7. The molecule has 2 rings (SSSR count). The Kier molecular flexibility index (Phi) is 4.52. The first-order valence-corrected chi connectivity index (χ1v) is 6.92. The molecule has 0 spiro atoms. The molecule has 2 aromatic rings. The number of aryl methyl sites for hydroxylation is 1. The van der Waals surface area contributed by atoms with Crippen LogP contribution >= 0.6 is 0 Å². The maximum absolute atomic E-state index is 12.5. The molecule has 1 heterocycles. The van der Waals surface area contributed by atoms with E-state index in [9.17, 15) is 4.79 Å². The first-order valence-electron chi connectivity index (χ1n) is 6.92. The number of anilines is 2. The first kappa shape index (κ1) is 15.0. The molecule has 0 atom stereocenters. The summed E-state index contributed by atoms with van der Waals surface area (Å²) in [5, 5.41) is 3.20. The zero-order chi connectivity index (χ0) is 15.4. The van der Waals surface area contributed by atoms with Crippen molar-refractivity contribution in [2.45, 2.75) is 26.8 Å². The van der Waals surface area contributed by atoms with Gasteiger partial charge in [-0.15, -0.1) is 0 Å². The fourth-order valence-corrected chi connectivity index (χ4v) is 1.99. The van der Waals surface area contributed by atoms with Crippen molar-refractivity contribution in [2.75, 3.05) is 17.3 Å². The van der Waals surface area contributed by atoms with Gasteiger partial charge >= 0.3 is 0 Å². The van der Waals surface area contributed by atoms with Crippen molar-refractivity contribution in [2.24, 2.45) is 0 Å². The number of carbonyl (C=O) groups is 1. The standard InChI is InChI=1S/C16H20N4O/c1-11(2)17-15-10-14(18-12(3)19-15)16(21)20(4)13-8-6-5-7-9-13/h5-11H,1-4H3,(H,17,18,19). The van der Waals surface area contributed by atoms with Crippen LogP contribution in [0.15, 0.2) is 36.4 Å². The quantitative estimate of drug-likeness (QED) is 0.938. The van der Waals surface area contributed by atoms with Gasteiger partial charge in [0, 0.05) is 24.8 Å². The van der Waals surface area contributed by atoms with Crippen LogP contribution in [0.2, 0.25) is 0 Å². The molecule has 0 bridgehead atoms. The summed E-state index contributed by atoms with van der Waals surface area (Å²) in [6, 6.07) is 11.4. The van der Waals surface area contributed by atoms with E-state index >= 15 is 0 Å². The van der Waals surface area contributed by atoms with Crippen LogP contribution in [0.3, 0.4) is 0 Å². The molecule has 110 valence electrons. The molecule has 21 heavy (non-hydrogen) atoms. The van der Waals surface area contributed by atoms with E-state index in [1.165, 1.54) is 0 Å². The maximum Gasteiger partial charge on any atom is 0.276 e. The lowest BCUT2D eigenvalue weighted by Gasteiger charge is -2.17. The van der Waals surface area contributed by atoms with E-state index < -0.39 is 0 Å². The van der Waals surface area contributed by atoms with E-state index in [1.807, 2.05) is 44.2 Å². The molecule has 1 amide bonds. The number of para-hydroxylation sites is 1. The molecule has 0 aliphatic rings. The number of rotatable bonds is 4. The van der Waals surface area contributed by atoms with Crippen LogP contribution in [0.4, 0.5) is 11.5 Å². The molecule has 0 saturated heterocycles. The minimum Gasteiger partial charge on any atom is -0.368 e. The zero-order valence-electron chi connectivity index (χ0n) is 12.8. The number of aromatic nitrogens is 2. The van der Waals surface area contributed by atoms with Gasteiger partial charge in [0.2, 0.25) is 0 Å². The predicted octanol–water partition coefficient (Wildman–Crippen LogP) is 2.88. The molecule has 0 aliphatic carbocycles. The second-order valence-corrected chi connectivity index (χ2v) is 5.18. The monoisotopic (exact) mass is 284 g/mol. The van der Waals surface area contributed by atoms with E-state index in [2.05, 4.69) is 15.3 Å². The number of hydrogen-bond acceptors (Lipinski definition) is 4. The normalized spacial score (nSPS) is 10.5. The van der Waals surface area contributed by atoms with E-state index in [0.29, 0.717) is 17.3 Å². The molecule has 1 aromatic carbocycles. The van der Waals surface area contributed by atoms with Crippen molar-refractivity contribution < 1.29 is 4.79 Å². The van der Waals surface area contributed by atoms with Crippen molar-refractivity contribution in [3.05, 3.63) is 47.9 Å². The van der Waals surface area contributed by atoms with Crippen LogP contribution in [-0.2, 0) is 0 Å². The van der Waals surface area contributed by atoms with Gasteiger partial charge in [0.05, 0.1) is 0 Å². The van der Waals surface area contributed by atoms with E-state index in [4.69, 9.17) is 0 Å². The van der Waals surface area contributed by atoms with E-state index in [0.717, 1.165) is 5.69 Å². The fraction of sp³-hybridized carbons (Fsp3) is 0.312. The number of amides is 1. The lowest BCUT2D eigenvalue weighted by Crippen LogP contribution is -2.27. The number of nitrogens with one attached hydrogen (secondary N) is 1. The molecule has 0 radical (unpaired) electrons. The SMILES string of the molecule is Cc1nc(NC(C)C)cc(C(=O)N(C)c2ccccc2)n1. The van der Waals surface area contributed by atoms with Gasteiger partial charge in [0.15, 0.2) is 0 Å². The third kappa shape index (κ3) is 3.78. The smallest absolute Gasteiger partial charge is 0.276 e. The van der Waals surface area contributed by atoms with Gasteiger partial charge in [0.1, 0.15) is 17.3 Å². The van der Waals surface area contributed by atoms with Crippen LogP contribution < -0.4 is 10.2 Å². The van der Waals surface area contributed by atoms with Crippen molar-refractivity contribution in [3.8, 4) is 0 Å². The third-order valence-corrected chi connectivity index (χ3v) is 2.94. The summed E-state index contributed by atoms with van der Waals surface area (Å²) >= 11 is 0. The first-order chi connectivity index (χ1) is 9.97.